The highest BCUT2D eigenvalue weighted by molar-refractivity contribution is 7.88. The van der Waals surface area contributed by atoms with Crippen LogP contribution < -0.4 is 0 Å². The molecule has 8 heteroatoms. The number of benzene rings is 1. The number of aromatic nitrogens is 1. The normalized spacial score (nSPS) is 17.2. The zero-order chi connectivity index (χ0) is 17.3. The summed E-state index contributed by atoms with van der Waals surface area (Å²) in [7, 11) is -3.20. The van der Waals surface area contributed by atoms with Gasteiger partial charge in [0.25, 0.3) is 0 Å². The first kappa shape index (κ1) is 16.9. The first-order valence-corrected chi connectivity index (χ1v) is 9.77. The molecule has 130 valence electrons. The molecule has 0 saturated carbocycles. The molecule has 0 atom stereocenters. The smallest absolute Gasteiger partial charge is 0.227 e. The van der Waals surface area contributed by atoms with Crippen LogP contribution in [0, 0.1) is 6.92 Å². The van der Waals surface area contributed by atoms with E-state index in [1.807, 2.05) is 18.2 Å². The van der Waals surface area contributed by atoms with Crippen LogP contribution in [0.2, 0.25) is 0 Å². The molecule has 1 fully saturated rings. The van der Waals surface area contributed by atoms with Crippen molar-refractivity contribution >= 4 is 27.0 Å². The molecule has 1 aromatic heterocycles. The Labute approximate surface area is 141 Å². The number of fused-ring (bicyclic) bond motifs is 1. The molecule has 0 N–H and O–H groups in total. The lowest BCUT2D eigenvalue weighted by molar-refractivity contribution is -0.130. The van der Waals surface area contributed by atoms with Crippen LogP contribution in [0.3, 0.4) is 0 Å². The van der Waals surface area contributed by atoms with Gasteiger partial charge in [-0.25, -0.2) is 17.7 Å². The van der Waals surface area contributed by atoms with Gasteiger partial charge in [-0.1, -0.05) is 6.07 Å². The Morgan fingerprint density at radius 1 is 1.25 bits per heavy atom. The predicted molar refractivity (Wildman–Crippen MR) is 90.1 cm³/mol. The van der Waals surface area contributed by atoms with Crippen molar-refractivity contribution in [3.63, 3.8) is 0 Å². The maximum Gasteiger partial charge on any atom is 0.227 e. The summed E-state index contributed by atoms with van der Waals surface area (Å²) in [5.74, 6) is 0.603. The molecule has 2 heterocycles. The fourth-order valence-electron chi connectivity index (χ4n) is 2.96. The van der Waals surface area contributed by atoms with Crippen LogP contribution in [-0.2, 0) is 21.2 Å². The number of aryl methyl sites for hydroxylation is 1. The Hall–Kier alpha value is -1.93. The van der Waals surface area contributed by atoms with Gasteiger partial charge in [-0.2, -0.15) is 0 Å². The number of sulfonamides is 1. The highest BCUT2D eigenvalue weighted by atomic mass is 32.2. The quantitative estimate of drug-likeness (QED) is 0.829. The lowest BCUT2D eigenvalue weighted by Gasteiger charge is -2.21. The number of nitrogens with zero attached hydrogens (tertiary/aromatic N) is 3. The first-order valence-electron chi connectivity index (χ1n) is 7.92. The molecule has 1 aliphatic rings. The highest BCUT2D eigenvalue weighted by Crippen LogP contribution is 2.18. The zero-order valence-corrected chi connectivity index (χ0v) is 14.7. The van der Waals surface area contributed by atoms with Crippen LogP contribution in [0.15, 0.2) is 22.6 Å². The van der Waals surface area contributed by atoms with Gasteiger partial charge in [0.15, 0.2) is 11.5 Å². The van der Waals surface area contributed by atoms with Crippen molar-refractivity contribution in [1.82, 2.24) is 14.2 Å². The van der Waals surface area contributed by atoms with E-state index in [4.69, 9.17) is 4.42 Å². The van der Waals surface area contributed by atoms with Crippen molar-refractivity contribution in [3.05, 3.63) is 29.7 Å². The molecule has 0 unspecified atom stereocenters. The average Bonchev–Trinajstić information content (AvgIpc) is 2.71. The van der Waals surface area contributed by atoms with Gasteiger partial charge in [-0.3, -0.25) is 4.79 Å². The van der Waals surface area contributed by atoms with Gasteiger partial charge < -0.3 is 9.32 Å². The maximum absolute atomic E-state index is 12.5. The van der Waals surface area contributed by atoms with E-state index in [2.05, 4.69) is 4.98 Å². The third-order valence-corrected chi connectivity index (χ3v) is 5.49. The number of rotatable bonds is 3. The minimum atomic E-state index is -3.20. The van der Waals surface area contributed by atoms with Crippen LogP contribution in [-0.4, -0.2) is 60.9 Å². The number of hydrogen-bond donors (Lipinski definition) is 0. The Morgan fingerprint density at radius 3 is 2.79 bits per heavy atom. The number of amides is 1. The molecule has 0 bridgehead atoms. The zero-order valence-electron chi connectivity index (χ0n) is 13.9. The number of carbonyl (C=O) groups excluding carboxylic acids is 1. The molecule has 3 rings (SSSR count). The molecular formula is C16H21N3O4S. The van der Waals surface area contributed by atoms with E-state index >= 15 is 0 Å². The van der Waals surface area contributed by atoms with Gasteiger partial charge >= 0.3 is 0 Å². The molecule has 2 aromatic rings. The van der Waals surface area contributed by atoms with Gasteiger partial charge in [0, 0.05) is 33.1 Å². The van der Waals surface area contributed by atoms with Crippen LogP contribution in [0.4, 0.5) is 0 Å². The van der Waals surface area contributed by atoms with Gasteiger partial charge in [-0.05, 0) is 24.1 Å². The van der Waals surface area contributed by atoms with E-state index in [0.29, 0.717) is 44.1 Å². The largest absolute Gasteiger partial charge is 0.441 e. The fraction of sp³-hybridized carbons (Fsp3) is 0.500. The number of carbonyl (C=O) groups is 1. The third kappa shape index (κ3) is 3.76. The van der Waals surface area contributed by atoms with Crippen molar-refractivity contribution in [2.75, 3.05) is 32.4 Å². The van der Waals surface area contributed by atoms with E-state index in [1.54, 1.807) is 11.8 Å². The molecule has 0 aliphatic carbocycles. The Balaban J connectivity index is 1.67. The van der Waals surface area contributed by atoms with Crippen molar-refractivity contribution < 1.29 is 17.6 Å². The van der Waals surface area contributed by atoms with Gasteiger partial charge in [0.1, 0.15) is 5.52 Å². The molecular weight excluding hydrogens is 330 g/mol. The topological polar surface area (TPSA) is 83.7 Å². The van der Waals surface area contributed by atoms with Crippen LogP contribution >= 0.6 is 0 Å². The summed E-state index contributed by atoms with van der Waals surface area (Å²) >= 11 is 0. The van der Waals surface area contributed by atoms with Gasteiger partial charge in [0.2, 0.25) is 15.9 Å². The maximum atomic E-state index is 12.5. The number of oxazole rings is 1. The molecule has 7 nitrogen and oxygen atoms in total. The van der Waals surface area contributed by atoms with Crippen molar-refractivity contribution in [2.24, 2.45) is 0 Å². The monoisotopic (exact) mass is 351 g/mol. The number of hydrogen-bond acceptors (Lipinski definition) is 5. The molecule has 1 aromatic carbocycles. The summed E-state index contributed by atoms with van der Waals surface area (Å²) in [5.41, 5.74) is 2.34. The van der Waals surface area contributed by atoms with E-state index in [-0.39, 0.29) is 12.3 Å². The summed E-state index contributed by atoms with van der Waals surface area (Å²) in [6.45, 7) is 3.61. The van der Waals surface area contributed by atoms with E-state index in [1.165, 1.54) is 10.6 Å². The summed E-state index contributed by atoms with van der Waals surface area (Å²) in [6, 6.07) is 5.56. The lowest BCUT2D eigenvalue weighted by atomic mass is 10.1. The molecule has 1 aliphatic heterocycles. The summed E-state index contributed by atoms with van der Waals surface area (Å²) in [5, 5.41) is 0. The van der Waals surface area contributed by atoms with Gasteiger partial charge in [-0.15, -0.1) is 0 Å². The minimum Gasteiger partial charge on any atom is -0.441 e. The molecule has 24 heavy (non-hydrogen) atoms. The van der Waals surface area contributed by atoms with Crippen molar-refractivity contribution in [3.8, 4) is 0 Å². The molecule has 1 saturated heterocycles. The SMILES string of the molecule is Cc1nc2cc(CC(=O)N3CCCN(S(C)(=O)=O)CC3)ccc2o1. The fourth-order valence-corrected chi connectivity index (χ4v) is 3.83. The third-order valence-electron chi connectivity index (χ3n) is 4.19. The standard InChI is InChI=1S/C16H21N3O4S/c1-12-17-14-10-13(4-5-15(14)23-12)11-16(20)18-6-3-7-19(9-8-18)24(2,21)22/h4-5,10H,3,6-9,11H2,1-2H3. The van der Waals surface area contributed by atoms with Crippen molar-refractivity contribution in [2.45, 2.75) is 19.8 Å². The van der Waals surface area contributed by atoms with Gasteiger partial charge in [0.05, 0.1) is 12.7 Å². The average molecular weight is 351 g/mol. The summed E-state index contributed by atoms with van der Waals surface area (Å²) < 4.78 is 30.1. The molecule has 1 amide bonds. The summed E-state index contributed by atoms with van der Waals surface area (Å²) in [4.78, 5) is 18.6. The van der Waals surface area contributed by atoms with E-state index in [0.717, 1.165) is 11.1 Å². The van der Waals surface area contributed by atoms with E-state index < -0.39 is 10.0 Å². The second-order valence-corrected chi connectivity index (χ2v) is 8.09. The van der Waals surface area contributed by atoms with Crippen LogP contribution in [0.25, 0.3) is 11.1 Å². The second kappa shape index (κ2) is 6.52. The van der Waals surface area contributed by atoms with Crippen LogP contribution in [0.5, 0.6) is 0 Å². The molecule has 0 radical (unpaired) electrons. The minimum absolute atomic E-state index is 0.00455. The Kier molecular flexibility index (Phi) is 4.60. The van der Waals surface area contributed by atoms with Crippen LogP contribution in [0.1, 0.15) is 17.9 Å². The summed E-state index contributed by atoms with van der Waals surface area (Å²) in [6.07, 6.45) is 2.14. The Morgan fingerprint density at radius 2 is 2.04 bits per heavy atom. The lowest BCUT2D eigenvalue weighted by Crippen LogP contribution is -2.37. The van der Waals surface area contributed by atoms with E-state index in [9.17, 15) is 13.2 Å². The second-order valence-electron chi connectivity index (χ2n) is 6.11. The highest BCUT2D eigenvalue weighted by Gasteiger charge is 2.23. The predicted octanol–water partition coefficient (Wildman–Crippen LogP) is 1.17. The molecule has 0 spiro atoms. The Bertz CT molecular complexity index is 859. The van der Waals surface area contributed by atoms with Crippen molar-refractivity contribution in [1.29, 1.82) is 0 Å². The first-order chi connectivity index (χ1) is 11.3.